The molecule has 9 nitrogen and oxygen atoms in total. The molecule has 1 aromatic heterocycles. The highest BCUT2D eigenvalue weighted by atomic mass is 19.4. The minimum atomic E-state index is -4.79. The summed E-state index contributed by atoms with van der Waals surface area (Å²) < 4.78 is 51.1. The molecule has 3 aromatic rings. The zero-order chi connectivity index (χ0) is 23.8. The molecular formula is C21H17F3N4O5. The first-order chi connectivity index (χ1) is 15.7. The molecule has 172 valence electrons. The summed E-state index contributed by atoms with van der Waals surface area (Å²) in [5.41, 5.74) is -0.531. The number of halogens is 3. The Morgan fingerprint density at radius 1 is 1.21 bits per heavy atom. The van der Waals surface area contributed by atoms with E-state index in [2.05, 4.69) is 15.5 Å². The predicted octanol–water partition coefficient (Wildman–Crippen LogP) is 4.40. The van der Waals surface area contributed by atoms with Gasteiger partial charge in [0.05, 0.1) is 17.6 Å². The molecule has 0 saturated carbocycles. The number of nitrogens with one attached hydrogen (secondary N) is 2. The van der Waals surface area contributed by atoms with Crippen molar-refractivity contribution in [2.24, 2.45) is 0 Å². The highest BCUT2D eigenvalue weighted by molar-refractivity contribution is 5.94. The first-order valence-corrected chi connectivity index (χ1v) is 9.66. The Kier molecular flexibility index (Phi) is 5.66. The molecule has 0 radical (unpaired) electrons. The van der Waals surface area contributed by atoms with Gasteiger partial charge in [-0.2, -0.15) is 18.3 Å². The molecule has 1 aliphatic heterocycles. The number of nitro groups is 1. The molecule has 2 N–H and O–H groups in total. The van der Waals surface area contributed by atoms with Crippen LogP contribution in [-0.2, 0) is 17.6 Å². The number of alkyl halides is 3. The van der Waals surface area contributed by atoms with E-state index in [9.17, 15) is 28.1 Å². The molecule has 12 heteroatoms. The minimum absolute atomic E-state index is 0.181. The summed E-state index contributed by atoms with van der Waals surface area (Å²) >= 11 is 0. The van der Waals surface area contributed by atoms with Crippen molar-refractivity contribution in [2.45, 2.75) is 25.1 Å². The number of carbonyl (C=O) groups excluding carboxylic acids is 1. The minimum Gasteiger partial charge on any atom is -0.493 e. The van der Waals surface area contributed by atoms with Crippen molar-refractivity contribution in [1.29, 1.82) is 0 Å². The fourth-order valence-electron chi connectivity index (χ4n) is 3.68. The normalized spacial score (nSPS) is 15.5. The molecule has 2 aromatic carbocycles. The number of amides is 1. The summed E-state index contributed by atoms with van der Waals surface area (Å²) in [6.45, 7) is -0.486. The van der Waals surface area contributed by atoms with E-state index in [0.29, 0.717) is 11.9 Å². The summed E-state index contributed by atoms with van der Waals surface area (Å²) in [5, 5.41) is 20.2. The van der Waals surface area contributed by atoms with Crippen molar-refractivity contribution in [2.75, 3.05) is 12.4 Å². The number of hydrogen-bond acceptors (Lipinski definition) is 6. The maximum absolute atomic E-state index is 13.4. The molecule has 33 heavy (non-hydrogen) atoms. The molecule has 1 unspecified atom stereocenters. The largest absolute Gasteiger partial charge is 0.493 e. The lowest BCUT2D eigenvalue weighted by molar-refractivity contribution is -0.385. The van der Waals surface area contributed by atoms with Crippen molar-refractivity contribution in [1.82, 2.24) is 10.2 Å². The number of benzene rings is 2. The number of ether oxygens (including phenoxy) is 2. The quantitative estimate of drug-likeness (QED) is 0.414. The molecule has 1 amide bonds. The fourth-order valence-corrected chi connectivity index (χ4v) is 3.68. The van der Waals surface area contributed by atoms with Gasteiger partial charge in [0.2, 0.25) is 5.91 Å². The first-order valence-electron chi connectivity index (χ1n) is 9.66. The SMILES string of the molecule is COc1cc(C2CC(=O)Nc3n[nH]cc32)ccc1OCc1ccc([N+](=O)[O-])cc1C(F)(F)F. The number of nitro benzene ring substituents is 1. The van der Waals surface area contributed by atoms with E-state index < -0.39 is 29.0 Å². The maximum atomic E-state index is 13.4. The molecule has 0 aliphatic carbocycles. The van der Waals surface area contributed by atoms with Crippen LogP contribution in [0.4, 0.5) is 24.7 Å². The standard InChI is InChI=1S/C21H17F3N4O5/c1-32-18-6-11(14-8-19(29)26-20-15(14)9-25-27-20)3-5-17(18)33-10-12-2-4-13(28(30)31)7-16(12)21(22,23)24/h2-7,9,14H,8,10H2,1H3,(H2,25,26,27,29). The number of non-ortho nitro benzene ring substituents is 1. The van der Waals surface area contributed by atoms with Crippen molar-refractivity contribution < 1.29 is 32.4 Å². The second kappa shape index (κ2) is 8.45. The smallest absolute Gasteiger partial charge is 0.417 e. The molecule has 2 heterocycles. The number of hydrogen-bond donors (Lipinski definition) is 2. The van der Waals surface area contributed by atoms with Crippen LogP contribution in [0.15, 0.2) is 42.6 Å². The lowest BCUT2D eigenvalue weighted by Gasteiger charge is -2.23. The third-order valence-electron chi connectivity index (χ3n) is 5.28. The summed E-state index contributed by atoms with van der Waals surface area (Å²) in [4.78, 5) is 22.0. The van der Waals surface area contributed by atoms with Crippen molar-refractivity contribution in [3.8, 4) is 11.5 Å². The Labute approximate surface area is 184 Å². The Balaban J connectivity index is 1.60. The van der Waals surface area contributed by atoms with Gasteiger partial charge in [0.1, 0.15) is 6.61 Å². The summed E-state index contributed by atoms with van der Waals surface area (Å²) in [6.07, 6.45) is -2.92. The third kappa shape index (κ3) is 4.45. The Hall–Kier alpha value is -4.09. The van der Waals surface area contributed by atoms with E-state index in [4.69, 9.17) is 9.47 Å². The zero-order valence-corrected chi connectivity index (χ0v) is 17.1. The van der Waals surface area contributed by atoms with Crippen LogP contribution in [0, 0.1) is 10.1 Å². The number of aromatic amines is 1. The van der Waals surface area contributed by atoms with E-state index in [1.54, 1.807) is 24.4 Å². The van der Waals surface area contributed by atoms with Crippen LogP contribution >= 0.6 is 0 Å². The average Bonchev–Trinajstić information content (AvgIpc) is 3.24. The lowest BCUT2D eigenvalue weighted by atomic mass is 9.87. The first kappa shape index (κ1) is 22.1. The van der Waals surface area contributed by atoms with Crippen LogP contribution in [0.1, 0.15) is 34.6 Å². The van der Waals surface area contributed by atoms with Gasteiger partial charge >= 0.3 is 6.18 Å². The van der Waals surface area contributed by atoms with Gasteiger partial charge in [-0.25, -0.2) is 0 Å². The topological polar surface area (TPSA) is 119 Å². The van der Waals surface area contributed by atoms with Crippen LogP contribution < -0.4 is 14.8 Å². The lowest BCUT2D eigenvalue weighted by Crippen LogP contribution is -2.23. The summed E-state index contributed by atoms with van der Waals surface area (Å²) in [5.74, 6) is 0.395. The Morgan fingerprint density at radius 2 is 2.00 bits per heavy atom. The van der Waals surface area contributed by atoms with E-state index in [1.165, 1.54) is 7.11 Å². The molecule has 0 spiro atoms. The van der Waals surface area contributed by atoms with Gasteiger partial charge in [0.25, 0.3) is 5.69 Å². The van der Waals surface area contributed by atoms with Gasteiger partial charge in [0, 0.05) is 41.8 Å². The third-order valence-corrected chi connectivity index (χ3v) is 5.28. The van der Waals surface area contributed by atoms with E-state index in [1.807, 2.05) is 0 Å². The number of methoxy groups -OCH3 is 1. The van der Waals surface area contributed by atoms with Gasteiger partial charge in [-0.3, -0.25) is 20.0 Å². The average molecular weight is 462 g/mol. The van der Waals surface area contributed by atoms with Gasteiger partial charge in [0.15, 0.2) is 17.3 Å². The number of rotatable bonds is 6. The monoisotopic (exact) mass is 462 g/mol. The highest BCUT2D eigenvalue weighted by Crippen LogP contribution is 2.40. The van der Waals surface area contributed by atoms with E-state index in [0.717, 1.165) is 23.3 Å². The Bertz CT molecular complexity index is 1220. The zero-order valence-electron chi connectivity index (χ0n) is 17.1. The number of nitrogens with zero attached hydrogens (tertiary/aromatic N) is 2. The predicted molar refractivity (Wildman–Crippen MR) is 109 cm³/mol. The number of fused-ring (bicyclic) bond motifs is 1. The van der Waals surface area contributed by atoms with Crippen LogP contribution in [0.3, 0.4) is 0 Å². The van der Waals surface area contributed by atoms with Crippen molar-refractivity contribution in [3.63, 3.8) is 0 Å². The molecule has 0 saturated heterocycles. The van der Waals surface area contributed by atoms with E-state index >= 15 is 0 Å². The number of carbonyl (C=O) groups is 1. The highest BCUT2D eigenvalue weighted by Gasteiger charge is 2.35. The number of anilines is 1. The second-order valence-electron chi connectivity index (χ2n) is 7.29. The van der Waals surface area contributed by atoms with E-state index in [-0.39, 0.29) is 35.3 Å². The Morgan fingerprint density at radius 3 is 2.70 bits per heavy atom. The molecule has 0 bridgehead atoms. The van der Waals surface area contributed by atoms with Gasteiger partial charge in [-0.15, -0.1) is 0 Å². The molecule has 4 rings (SSSR count). The van der Waals surface area contributed by atoms with Crippen LogP contribution in [0.2, 0.25) is 0 Å². The maximum Gasteiger partial charge on any atom is 0.417 e. The van der Waals surface area contributed by atoms with Crippen LogP contribution in [0.5, 0.6) is 11.5 Å². The molecule has 1 aliphatic rings. The number of H-pyrrole nitrogens is 1. The molecule has 1 atom stereocenters. The fraction of sp³-hybridized carbons (Fsp3) is 0.238. The van der Waals surface area contributed by atoms with Gasteiger partial charge < -0.3 is 14.8 Å². The van der Waals surface area contributed by atoms with Crippen molar-refractivity contribution in [3.05, 3.63) is 75.0 Å². The van der Waals surface area contributed by atoms with Crippen molar-refractivity contribution >= 4 is 17.4 Å². The molecular weight excluding hydrogens is 445 g/mol. The van der Waals surface area contributed by atoms with Gasteiger partial charge in [-0.05, 0) is 23.8 Å². The molecule has 0 fully saturated rings. The second-order valence-corrected chi connectivity index (χ2v) is 7.29. The van der Waals surface area contributed by atoms with Gasteiger partial charge in [-0.1, -0.05) is 6.07 Å². The van der Waals surface area contributed by atoms with Crippen LogP contribution in [-0.4, -0.2) is 28.1 Å². The summed E-state index contributed by atoms with van der Waals surface area (Å²) in [7, 11) is 1.38. The van der Waals surface area contributed by atoms with Crippen LogP contribution in [0.25, 0.3) is 0 Å². The summed E-state index contributed by atoms with van der Waals surface area (Å²) in [6, 6.07) is 7.37. The number of aromatic nitrogens is 2.